The van der Waals surface area contributed by atoms with Gasteiger partial charge in [-0.15, -0.1) is 0 Å². The highest BCUT2D eigenvalue weighted by atomic mass is 16.6. The van der Waals surface area contributed by atoms with E-state index >= 15 is 0 Å². The van der Waals surface area contributed by atoms with Crippen molar-refractivity contribution >= 4 is 12.4 Å². The van der Waals surface area contributed by atoms with E-state index in [9.17, 15) is 9.59 Å². The van der Waals surface area contributed by atoms with E-state index in [1.54, 1.807) is 4.90 Å². The van der Waals surface area contributed by atoms with Crippen LogP contribution in [-0.4, -0.2) is 35.0 Å². The Morgan fingerprint density at radius 3 is 2.56 bits per heavy atom. The first-order chi connectivity index (χ1) is 8.40. The second-order valence-corrected chi connectivity index (χ2v) is 6.96. The Hall–Kier alpha value is -1.06. The number of hydrogen-bond acceptors (Lipinski definition) is 3. The van der Waals surface area contributed by atoms with Gasteiger partial charge in [0.25, 0.3) is 0 Å². The van der Waals surface area contributed by atoms with Crippen molar-refractivity contribution in [3.8, 4) is 0 Å². The van der Waals surface area contributed by atoms with Gasteiger partial charge in [-0.1, -0.05) is 0 Å². The zero-order valence-electron chi connectivity index (χ0n) is 11.3. The summed E-state index contributed by atoms with van der Waals surface area (Å²) < 4.78 is 5.44. The molecule has 2 saturated carbocycles. The van der Waals surface area contributed by atoms with Gasteiger partial charge in [0.05, 0.1) is 6.04 Å². The van der Waals surface area contributed by atoms with Crippen LogP contribution in [-0.2, 0) is 9.53 Å². The number of likely N-dealkylation sites (tertiary alicyclic amines) is 1. The van der Waals surface area contributed by atoms with Crippen molar-refractivity contribution in [2.45, 2.75) is 57.7 Å². The van der Waals surface area contributed by atoms with E-state index in [1.807, 2.05) is 20.8 Å². The molecular formula is C14H21NO3. The summed E-state index contributed by atoms with van der Waals surface area (Å²) in [5.74, 6) is 1.83. The molecule has 0 aromatic heterocycles. The second-order valence-electron chi connectivity index (χ2n) is 6.96. The van der Waals surface area contributed by atoms with Crippen molar-refractivity contribution in [2.24, 2.45) is 17.8 Å². The predicted molar refractivity (Wildman–Crippen MR) is 66.0 cm³/mol. The molecule has 1 amide bonds. The maximum Gasteiger partial charge on any atom is 0.411 e. The molecule has 2 bridgehead atoms. The van der Waals surface area contributed by atoms with Crippen LogP contribution in [0.1, 0.15) is 40.0 Å². The second kappa shape index (κ2) is 3.72. The molecule has 0 spiro atoms. The minimum absolute atomic E-state index is 0.226. The molecule has 0 aromatic rings. The minimum Gasteiger partial charge on any atom is -0.444 e. The van der Waals surface area contributed by atoms with Crippen LogP contribution < -0.4 is 0 Å². The summed E-state index contributed by atoms with van der Waals surface area (Å²) in [6.07, 6.45) is 3.95. The lowest BCUT2D eigenvalue weighted by Gasteiger charge is -2.30. The summed E-state index contributed by atoms with van der Waals surface area (Å²) in [4.78, 5) is 25.3. The van der Waals surface area contributed by atoms with Crippen molar-refractivity contribution < 1.29 is 14.3 Å². The Morgan fingerprint density at radius 2 is 1.94 bits per heavy atom. The molecule has 4 nitrogen and oxygen atoms in total. The molecular weight excluding hydrogens is 230 g/mol. The van der Waals surface area contributed by atoms with Gasteiger partial charge in [0.2, 0.25) is 0 Å². The lowest BCUT2D eigenvalue weighted by Crippen LogP contribution is -2.45. The fourth-order valence-corrected chi connectivity index (χ4v) is 3.82. The monoisotopic (exact) mass is 251 g/mol. The maximum absolute atomic E-state index is 12.2. The van der Waals surface area contributed by atoms with Crippen molar-refractivity contribution in [1.82, 2.24) is 4.90 Å². The van der Waals surface area contributed by atoms with Crippen LogP contribution in [0.5, 0.6) is 0 Å². The van der Waals surface area contributed by atoms with Gasteiger partial charge in [0, 0.05) is 6.04 Å². The number of carbonyl (C=O) groups is 2. The van der Waals surface area contributed by atoms with E-state index in [0.717, 1.165) is 25.0 Å². The maximum atomic E-state index is 12.2. The largest absolute Gasteiger partial charge is 0.444 e. The van der Waals surface area contributed by atoms with Gasteiger partial charge in [0.15, 0.2) is 0 Å². The van der Waals surface area contributed by atoms with Crippen LogP contribution in [0.4, 0.5) is 4.79 Å². The van der Waals surface area contributed by atoms with Crippen molar-refractivity contribution in [3.63, 3.8) is 0 Å². The van der Waals surface area contributed by atoms with Gasteiger partial charge < -0.3 is 9.53 Å². The molecule has 2 aliphatic carbocycles. The molecule has 5 atom stereocenters. The minimum atomic E-state index is -0.496. The van der Waals surface area contributed by atoms with E-state index in [2.05, 4.69) is 0 Å². The number of hydrogen-bond donors (Lipinski definition) is 0. The highest BCUT2D eigenvalue weighted by Crippen LogP contribution is 2.58. The van der Waals surface area contributed by atoms with Crippen LogP contribution in [0.15, 0.2) is 0 Å². The topological polar surface area (TPSA) is 46.6 Å². The van der Waals surface area contributed by atoms with Crippen molar-refractivity contribution in [3.05, 3.63) is 0 Å². The van der Waals surface area contributed by atoms with Crippen LogP contribution in [0.3, 0.4) is 0 Å². The summed E-state index contributed by atoms with van der Waals surface area (Å²) in [5.41, 5.74) is -0.496. The van der Waals surface area contributed by atoms with Crippen LogP contribution in [0, 0.1) is 17.8 Å². The molecule has 1 aliphatic heterocycles. The van der Waals surface area contributed by atoms with E-state index in [4.69, 9.17) is 4.74 Å². The Morgan fingerprint density at radius 1 is 1.22 bits per heavy atom. The Labute approximate surface area is 108 Å². The van der Waals surface area contributed by atoms with Crippen molar-refractivity contribution in [1.29, 1.82) is 0 Å². The first-order valence-electron chi connectivity index (χ1n) is 6.87. The third-order valence-corrected chi connectivity index (χ3v) is 4.54. The van der Waals surface area contributed by atoms with Gasteiger partial charge in [-0.2, -0.15) is 0 Å². The average molecular weight is 251 g/mol. The van der Waals surface area contributed by atoms with E-state index in [0.29, 0.717) is 11.8 Å². The molecule has 0 N–H and O–H groups in total. The summed E-state index contributed by atoms with van der Waals surface area (Å²) >= 11 is 0. The third-order valence-electron chi connectivity index (χ3n) is 4.54. The Balaban J connectivity index is 1.79. The zero-order valence-corrected chi connectivity index (χ0v) is 11.3. The normalized spacial score (nSPS) is 41.3. The number of carbonyl (C=O) groups excluding carboxylic acids is 2. The first kappa shape index (κ1) is 12.0. The van der Waals surface area contributed by atoms with Gasteiger partial charge >= 0.3 is 6.09 Å². The average Bonchev–Trinajstić information content (AvgIpc) is 2.93. The molecule has 5 unspecified atom stereocenters. The number of fused-ring (bicyclic) bond motifs is 4. The highest BCUT2D eigenvalue weighted by Gasteiger charge is 2.59. The first-order valence-corrected chi connectivity index (χ1v) is 6.87. The smallest absolute Gasteiger partial charge is 0.411 e. The van der Waals surface area contributed by atoms with Gasteiger partial charge in [-0.3, -0.25) is 4.90 Å². The molecule has 1 heterocycles. The Bertz CT molecular complexity index is 387. The number of rotatable bonds is 1. The predicted octanol–water partition coefficient (Wildman–Crippen LogP) is 2.22. The van der Waals surface area contributed by atoms with Crippen LogP contribution in [0.25, 0.3) is 0 Å². The highest BCUT2D eigenvalue weighted by molar-refractivity contribution is 5.75. The summed E-state index contributed by atoms with van der Waals surface area (Å²) in [5, 5.41) is 0. The lowest BCUT2D eigenvalue weighted by atomic mass is 9.87. The number of ether oxygens (including phenoxy) is 1. The molecule has 1 saturated heterocycles. The lowest BCUT2D eigenvalue weighted by molar-refractivity contribution is -0.113. The standard InChI is InChI=1S/C14H21NO3/c1-14(2,3)18-13(17)15-9-4-8-5-10(8)11(6-9)12(15)7-16/h7-12H,4-6H2,1-3H3. The van der Waals surface area contributed by atoms with Gasteiger partial charge in [0.1, 0.15) is 11.9 Å². The van der Waals surface area contributed by atoms with Crippen LogP contribution in [0.2, 0.25) is 0 Å². The molecule has 100 valence electrons. The molecule has 4 heteroatoms. The molecule has 0 radical (unpaired) electrons. The third kappa shape index (κ3) is 1.82. The molecule has 18 heavy (non-hydrogen) atoms. The summed E-state index contributed by atoms with van der Waals surface area (Å²) in [6.45, 7) is 5.58. The van der Waals surface area contributed by atoms with E-state index in [-0.39, 0.29) is 18.2 Å². The van der Waals surface area contributed by atoms with Gasteiger partial charge in [-0.05, 0) is 57.8 Å². The number of nitrogens with zero attached hydrogens (tertiary/aromatic N) is 1. The number of aldehydes is 1. The molecule has 3 fully saturated rings. The fourth-order valence-electron chi connectivity index (χ4n) is 3.82. The molecule has 3 aliphatic rings. The fraction of sp³-hybridized carbons (Fsp3) is 0.857. The Kier molecular flexibility index (Phi) is 2.48. The summed E-state index contributed by atoms with van der Waals surface area (Å²) in [7, 11) is 0. The number of amides is 1. The zero-order chi connectivity index (χ0) is 13.1. The molecule has 0 aromatic carbocycles. The molecule has 3 rings (SSSR count). The quantitative estimate of drug-likeness (QED) is 0.671. The van der Waals surface area contributed by atoms with Crippen LogP contribution >= 0.6 is 0 Å². The van der Waals surface area contributed by atoms with Gasteiger partial charge in [-0.25, -0.2) is 4.79 Å². The van der Waals surface area contributed by atoms with E-state index < -0.39 is 5.60 Å². The summed E-state index contributed by atoms with van der Waals surface area (Å²) in [6, 6.07) is -0.0221. The van der Waals surface area contributed by atoms with Crippen molar-refractivity contribution in [2.75, 3.05) is 0 Å². The SMILES string of the molecule is CC(C)(C)OC(=O)N1C2CC3CC3C(C2)C1C=O. The van der Waals surface area contributed by atoms with E-state index in [1.165, 1.54) is 6.42 Å².